The average Bonchev–Trinajstić information content (AvgIpc) is 3.11. The monoisotopic (exact) mass is 390 g/mol. The zero-order valence-corrected chi connectivity index (χ0v) is 16.1. The van der Waals surface area contributed by atoms with Crippen LogP contribution in [0.3, 0.4) is 0 Å². The summed E-state index contributed by atoms with van der Waals surface area (Å²) in [5.41, 5.74) is 2.59. The fourth-order valence-electron chi connectivity index (χ4n) is 3.15. The first-order chi connectivity index (χ1) is 12.8. The minimum atomic E-state index is -3.38. The molecule has 0 bridgehead atoms. The summed E-state index contributed by atoms with van der Waals surface area (Å²) in [6, 6.07) is 8.40. The Bertz CT molecular complexity index is 929. The molecule has 1 aliphatic rings. The smallest absolute Gasteiger partial charge is 0.335 e. The second kappa shape index (κ2) is 7.71. The highest BCUT2D eigenvalue weighted by molar-refractivity contribution is 7.86. The Hall–Kier alpha value is -2.36. The van der Waals surface area contributed by atoms with Crippen molar-refractivity contribution in [3.8, 4) is 11.3 Å². The van der Waals surface area contributed by atoms with Crippen LogP contribution in [0.5, 0.6) is 0 Å². The molecule has 1 aromatic carbocycles. The summed E-state index contributed by atoms with van der Waals surface area (Å²) < 4.78 is 27.2. The van der Waals surface area contributed by atoms with Gasteiger partial charge in [0.2, 0.25) is 0 Å². The zero-order valence-electron chi connectivity index (χ0n) is 15.2. The highest BCUT2D eigenvalue weighted by Gasteiger charge is 2.32. The van der Waals surface area contributed by atoms with Gasteiger partial charge in [-0.15, -0.1) is 0 Å². The van der Waals surface area contributed by atoms with E-state index in [1.165, 1.54) is 29.0 Å². The van der Waals surface area contributed by atoms with Crippen LogP contribution in [-0.2, 0) is 16.6 Å². The lowest BCUT2D eigenvalue weighted by Crippen LogP contribution is -2.38. The van der Waals surface area contributed by atoms with Crippen LogP contribution in [0.2, 0.25) is 0 Å². The number of aromatic nitrogens is 2. The van der Waals surface area contributed by atoms with Gasteiger partial charge >= 0.3 is 5.97 Å². The van der Waals surface area contributed by atoms with Crippen molar-refractivity contribution in [3.05, 3.63) is 47.9 Å². The summed E-state index contributed by atoms with van der Waals surface area (Å²) in [5, 5.41) is 8.99. The van der Waals surface area contributed by atoms with Gasteiger partial charge in [-0.25, -0.2) is 14.8 Å². The van der Waals surface area contributed by atoms with Gasteiger partial charge in [-0.05, 0) is 37.0 Å². The quantitative estimate of drug-likeness (QED) is 0.802. The van der Waals surface area contributed by atoms with Crippen molar-refractivity contribution < 1.29 is 18.3 Å². The first kappa shape index (κ1) is 19.4. The molecule has 3 rings (SSSR count). The molecule has 2 aromatic rings. The SMILES string of the molecule is CN(C)S(=O)(=O)N1CCC(Cc2cc(-c3ccc(C(=O)O)cc3)ncn2)C1. The molecular formula is C18H22N4O4S. The predicted molar refractivity (Wildman–Crippen MR) is 100 cm³/mol. The molecule has 0 radical (unpaired) electrons. The van der Waals surface area contributed by atoms with E-state index in [-0.39, 0.29) is 11.5 Å². The largest absolute Gasteiger partial charge is 0.478 e. The van der Waals surface area contributed by atoms with Crippen LogP contribution < -0.4 is 0 Å². The number of carboxylic acids is 1. The molecule has 1 N–H and O–H groups in total. The zero-order chi connectivity index (χ0) is 19.6. The fraction of sp³-hybridized carbons (Fsp3) is 0.389. The van der Waals surface area contributed by atoms with E-state index in [0.717, 1.165) is 17.7 Å². The summed E-state index contributed by atoms with van der Waals surface area (Å²) in [4.78, 5) is 19.5. The molecule has 9 heteroatoms. The minimum Gasteiger partial charge on any atom is -0.478 e. The van der Waals surface area contributed by atoms with Gasteiger partial charge in [0.1, 0.15) is 6.33 Å². The highest BCUT2D eigenvalue weighted by atomic mass is 32.2. The number of hydrogen-bond acceptors (Lipinski definition) is 5. The molecule has 1 atom stereocenters. The van der Waals surface area contributed by atoms with E-state index >= 15 is 0 Å². The van der Waals surface area contributed by atoms with Crippen molar-refractivity contribution in [2.24, 2.45) is 5.92 Å². The van der Waals surface area contributed by atoms with Gasteiger partial charge in [0.15, 0.2) is 0 Å². The van der Waals surface area contributed by atoms with Crippen LogP contribution in [0.25, 0.3) is 11.3 Å². The molecule has 0 aliphatic carbocycles. The molecule has 1 fully saturated rings. The molecule has 144 valence electrons. The van der Waals surface area contributed by atoms with Gasteiger partial charge in [0, 0.05) is 38.4 Å². The van der Waals surface area contributed by atoms with Crippen LogP contribution >= 0.6 is 0 Å². The number of hydrogen-bond donors (Lipinski definition) is 1. The number of aromatic carboxylic acids is 1. The van der Waals surface area contributed by atoms with E-state index in [0.29, 0.717) is 25.2 Å². The standard InChI is InChI=1S/C18H22N4O4S/c1-21(2)27(25,26)22-8-7-13(11-22)9-16-10-17(20-12-19-16)14-3-5-15(6-4-14)18(23)24/h3-6,10,12-13H,7-9,11H2,1-2H3,(H,23,24). The molecule has 1 unspecified atom stereocenters. The Morgan fingerprint density at radius 3 is 2.59 bits per heavy atom. The third-order valence-corrected chi connectivity index (χ3v) is 6.59. The average molecular weight is 390 g/mol. The summed E-state index contributed by atoms with van der Waals surface area (Å²) in [6.07, 6.45) is 2.95. The van der Waals surface area contributed by atoms with E-state index < -0.39 is 16.2 Å². The minimum absolute atomic E-state index is 0.205. The lowest BCUT2D eigenvalue weighted by atomic mass is 10.0. The molecule has 1 aliphatic heterocycles. The van der Waals surface area contributed by atoms with Crippen molar-refractivity contribution in [3.63, 3.8) is 0 Å². The molecule has 27 heavy (non-hydrogen) atoms. The van der Waals surface area contributed by atoms with Gasteiger partial charge in [-0.1, -0.05) is 12.1 Å². The topological polar surface area (TPSA) is 104 Å². The Labute approximate surface area is 158 Å². The van der Waals surface area contributed by atoms with Crippen LogP contribution in [0, 0.1) is 5.92 Å². The lowest BCUT2D eigenvalue weighted by Gasteiger charge is -2.20. The van der Waals surface area contributed by atoms with Gasteiger partial charge in [-0.3, -0.25) is 0 Å². The van der Waals surface area contributed by atoms with Crippen molar-refractivity contribution >= 4 is 16.2 Å². The van der Waals surface area contributed by atoms with E-state index in [9.17, 15) is 13.2 Å². The highest BCUT2D eigenvalue weighted by Crippen LogP contribution is 2.25. The van der Waals surface area contributed by atoms with Gasteiger partial charge in [0.25, 0.3) is 10.2 Å². The van der Waals surface area contributed by atoms with Crippen LogP contribution in [0.4, 0.5) is 0 Å². The second-order valence-electron chi connectivity index (χ2n) is 6.78. The van der Waals surface area contributed by atoms with Crippen LogP contribution in [-0.4, -0.2) is 65.3 Å². The molecule has 0 amide bonds. The third kappa shape index (κ3) is 4.32. The van der Waals surface area contributed by atoms with Gasteiger partial charge in [-0.2, -0.15) is 17.0 Å². The van der Waals surface area contributed by atoms with Crippen molar-refractivity contribution in [2.75, 3.05) is 27.2 Å². The maximum Gasteiger partial charge on any atom is 0.335 e. The molecule has 1 aromatic heterocycles. The van der Waals surface area contributed by atoms with Gasteiger partial charge < -0.3 is 5.11 Å². The van der Waals surface area contributed by atoms with Crippen molar-refractivity contribution in [2.45, 2.75) is 12.8 Å². The predicted octanol–water partition coefficient (Wildman–Crippen LogP) is 1.51. The Balaban J connectivity index is 1.71. The normalized spacial score (nSPS) is 18.1. The third-order valence-electron chi connectivity index (χ3n) is 4.69. The molecule has 2 heterocycles. The van der Waals surface area contributed by atoms with E-state index in [4.69, 9.17) is 5.11 Å². The molecular weight excluding hydrogens is 368 g/mol. The maximum absolute atomic E-state index is 12.2. The first-order valence-corrected chi connectivity index (χ1v) is 9.99. The first-order valence-electron chi connectivity index (χ1n) is 8.59. The van der Waals surface area contributed by atoms with E-state index in [2.05, 4.69) is 9.97 Å². The summed E-state index contributed by atoms with van der Waals surface area (Å²) in [7, 11) is -0.305. The lowest BCUT2D eigenvalue weighted by molar-refractivity contribution is 0.0697. The number of benzene rings is 1. The van der Waals surface area contributed by atoms with E-state index in [1.54, 1.807) is 24.3 Å². The molecule has 8 nitrogen and oxygen atoms in total. The number of rotatable bonds is 6. The number of carbonyl (C=O) groups is 1. The Morgan fingerprint density at radius 2 is 1.96 bits per heavy atom. The van der Waals surface area contributed by atoms with Crippen molar-refractivity contribution in [1.82, 2.24) is 18.6 Å². The summed E-state index contributed by atoms with van der Waals surface area (Å²) >= 11 is 0. The number of carboxylic acid groups (broad SMARTS) is 1. The summed E-state index contributed by atoms with van der Waals surface area (Å²) in [6.45, 7) is 0.993. The summed E-state index contributed by atoms with van der Waals surface area (Å²) in [5.74, 6) is -0.764. The van der Waals surface area contributed by atoms with Crippen LogP contribution in [0.15, 0.2) is 36.7 Å². The molecule has 0 saturated carbocycles. The Kier molecular flexibility index (Phi) is 5.54. The molecule has 0 spiro atoms. The molecule has 1 saturated heterocycles. The number of nitrogens with zero attached hydrogens (tertiary/aromatic N) is 4. The van der Waals surface area contributed by atoms with Gasteiger partial charge in [0.05, 0.1) is 11.3 Å². The fourth-order valence-corrected chi connectivity index (χ4v) is 4.35. The van der Waals surface area contributed by atoms with Crippen molar-refractivity contribution in [1.29, 1.82) is 0 Å². The maximum atomic E-state index is 12.2. The second-order valence-corrected chi connectivity index (χ2v) is 8.93. The van der Waals surface area contributed by atoms with E-state index in [1.807, 2.05) is 6.07 Å². The van der Waals surface area contributed by atoms with Crippen LogP contribution in [0.1, 0.15) is 22.5 Å². The Morgan fingerprint density at radius 1 is 1.26 bits per heavy atom.